The Morgan fingerprint density at radius 2 is 1.85 bits per heavy atom. The van der Waals surface area contributed by atoms with Crippen LogP contribution in [-0.2, 0) is 11.2 Å². The van der Waals surface area contributed by atoms with Gasteiger partial charge in [-0.15, -0.1) is 0 Å². The van der Waals surface area contributed by atoms with Crippen LogP contribution in [0.4, 0.5) is 0 Å². The molecule has 0 amide bonds. The number of carbonyl (C=O) groups is 1. The lowest BCUT2D eigenvalue weighted by molar-refractivity contribution is -0.136. The van der Waals surface area contributed by atoms with E-state index in [1.165, 1.54) is 6.07 Å². The molecule has 0 atom stereocenters. The Kier molecular flexibility index (Phi) is 5.35. The lowest BCUT2D eigenvalue weighted by atomic mass is 10.1. The molecule has 13 heavy (non-hydrogen) atoms. The van der Waals surface area contributed by atoms with Crippen molar-refractivity contribution in [1.29, 1.82) is 0 Å². The molecule has 3 nitrogen and oxygen atoms in total. The summed E-state index contributed by atoms with van der Waals surface area (Å²) in [5, 5.41) is 17.5. The first-order chi connectivity index (χ1) is 6.20. The minimum atomic E-state index is -0.938. The van der Waals surface area contributed by atoms with E-state index >= 15 is 0 Å². The van der Waals surface area contributed by atoms with E-state index in [0.717, 1.165) is 0 Å². The highest BCUT2D eigenvalue weighted by Gasteiger charge is 2.03. The van der Waals surface area contributed by atoms with Gasteiger partial charge in [-0.2, -0.15) is 0 Å². The van der Waals surface area contributed by atoms with E-state index in [-0.39, 0.29) is 12.2 Å². The second kappa shape index (κ2) is 6.06. The number of aromatic hydroxyl groups is 1. The van der Waals surface area contributed by atoms with Gasteiger partial charge in [0.25, 0.3) is 0 Å². The molecule has 1 aromatic rings. The van der Waals surface area contributed by atoms with Crippen LogP contribution in [0.3, 0.4) is 0 Å². The fourth-order valence-corrected chi connectivity index (χ4v) is 0.823. The summed E-state index contributed by atoms with van der Waals surface area (Å²) in [6.45, 7) is 4.00. The van der Waals surface area contributed by atoms with E-state index in [4.69, 9.17) is 10.2 Å². The monoisotopic (exact) mass is 182 g/mol. The van der Waals surface area contributed by atoms with Gasteiger partial charge in [-0.1, -0.05) is 32.0 Å². The van der Waals surface area contributed by atoms with Crippen LogP contribution in [0.5, 0.6) is 5.75 Å². The Hall–Kier alpha value is -1.51. The summed E-state index contributed by atoms with van der Waals surface area (Å²) in [5.74, 6) is -0.901. The molecule has 1 rings (SSSR count). The van der Waals surface area contributed by atoms with Gasteiger partial charge < -0.3 is 10.2 Å². The highest BCUT2D eigenvalue weighted by molar-refractivity contribution is 5.71. The largest absolute Gasteiger partial charge is 0.508 e. The highest BCUT2D eigenvalue weighted by atomic mass is 16.4. The Morgan fingerprint density at radius 1 is 1.31 bits per heavy atom. The van der Waals surface area contributed by atoms with Crippen LogP contribution in [0.15, 0.2) is 24.3 Å². The van der Waals surface area contributed by atoms with Gasteiger partial charge in [0.2, 0.25) is 0 Å². The molecule has 0 aliphatic carbocycles. The number of hydrogen-bond donors (Lipinski definition) is 2. The molecule has 0 aliphatic heterocycles. The number of aliphatic carboxylic acids is 1. The summed E-state index contributed by atoms with van der Waals surface area (Å²) >= 11 is 0. The van der Waals surface area contributed by atoms with Crippen molar-refractivity contribution in [3.63, 3.8) is 0 Å². The molecule has 0 heterocycles. The zero-order valence-electron chi connectivity index (χ0n) is 7.82. The summed E-state index contributed by atoms with van der Waals surface area (Å²) < 4.78 is 0. The molecule has 0 radical (unpaired) electrons. The third-order valence-electron chi connectivity index (χ3n) is 1.33. The number of benzene rings is 1. The molecule has 2 N–H and O–H groups in total. The van der Waals surface area contributed by atoms with Crippen LogP contribution in [0, 0.1) is 0 Å². The maximum Gasteiger partial charge on any atom is 0.307 e. The van der Waals surface area contributed by atoms with Crippen molar-refractivity contribution >= 4 is 5.97 Å². The van der Waals surface area contributed by atoms with E-state index in [1.54, 1.807) is 18.2 Å². The molecule has 0 aromatic heterocycles. The summed E-state index contributed by atoms with van der Waals surface area (Å²) in [6, 6.07) is 6.40. The number of para-hydroxylation sites is 1. The Morgan fingerprint density at radius 3 is 2.31 bits per heavy atom. The predicted molar refractivity (Wildman–Crippen MR) is 50.8 cm³/mol. The molecule has 0 aliphatic rings. The third kappa shape index (κ3) is 4.15. The van der Waals surface area contributed by atoms with Crippen LogP contribution in [-0.4, -0.2) is 16.2 Å². The summed E-state index contributed by atoms with van der Waals surface area (Å²) in [4.78, 5) is 10.2. The molecular formula is C10H14O3. The fourth-order valence-electron chi connectivity index (χ4n) is 0.823. The average Bonchev–Trinajstić information content (AvgIpc) is 2.12. The van der Waals surface area contributed by atoms with Gasteiger partial charge in [0.15, 0.2) is 0 Å². The van der Waals surface area contributed by atoms with Gasteiger partial charge in [0.1, 0.15) is 5.75 Å². The van der Waals surface area contributed by atoms with Crippen LogP contribution in [0.1, 0.15) is 19.4 Å². The first kappa shape index (κ1) is 11.5. The van der Waals surface area contributed by atoms with Crippen molar-refractivity contribution in [1.82, 2.24) is 0 Å². The van der Waals surface area contributed by atoms with E-state index in [0.29, 0.717) is 5.56 Å². The molecule has 0 saturated heterocycles. The van der Waals surface area contributed by atoms with Crippen molar-refractivity contribution in [2.24, 2.45) is 0 Å². The van der Waals surface area contributed by atoms with Crippen molar-refractivity contribution in [2.45, 2.75) is 20.3 Å². The maximum atomic E-state index is 10.2. The zero-order valence-corrected chi connectivity index (χ0v) is 7.82. The van der Waals surface area contributed by atoms with E-state index in [9.17, 15) is 4.79 Å². The molecule has 0 bridgehead atoms. The normalized spacial score (nSPS) is 8.46. The van der Waals surface area contributed by atoms with Gasteiger partial charge in [-0.25, -0.2) is 0 Å². The number of phenolic OH excluding ortho intramolecular Hbond substituents is 1. The van der Waals surface area contributed by atoms with E-state index < -0.39 is 5.97 Å². The molecular weight excluding hydrogens is 168 g/mol. The first-order valence-corrected chi connectivity index (χ1v) is 4.19. The molecule has 0 unspecified atom stereocenters. The summed E-state index contributed by atoms with van der Waals surface area (Å²) in [7, 11) is 0. The highest BCUT2D eigenvalue weighted by Crippen LogP contribution is 2.15. The van der Waals surface area contributed by atoms with Crippen LogP contribution in [0.2, 0.25) is 0 Å². The van der Waals surface area contributed by atoms with Crippen molar-refractivity contribution in [3.05, 3.63) is 29.8 Å². The number of phenols is 1. The van der Waals surface area contributed by atoms with Gasteiger partial charge >= 0.3 is 5.97 Å². The summed E-state index contributed by atoms with van der Waals surface area (Å²) in [6.07, 6.45) is -0.132. The number of carboxylic acids is 1. The van der Waals surface area contributed by atoms with Gasteiger partial charge in [0, 0.05) is 5.56 Å². The smallest absolute Gasteiger partial charge is 0.307 e. The van der Waals surface area contributed by atoms with E-state index in [1.807, 2.05) is 13.8 Å². The van der Waals surface area contributed by atoms with Crippen LogP contribution < -0.4 is 0 Å². The molecule has 3 heteroatoms. The lowest BCUT2D eigenvalue weighted by Crippen LogP contribution is -1.99. The SMILES string of the molecule is CC.O=C(O)Cc1ccccc1O. The standard InChI is InChI=1S/C8H8O3.C2H6/c9-7-4-2-1-3-6(7)5-8(10)11;1-2/h1-4,9H,5H2,(H,10,11);1-2H3. The van der Waals surface area contributed by atoms with Gasteiger partial charge in [-0.3, -0.25) is 4.79 Å². The van der Waals surface area contributed by atoms with Crippen LogP contribution in [0.25, 0.3) is 0 Å². The van der Waals surface area contributed by atoms with Crippen molar-refractivity contribution in [2.75, 3.05) is 0 Å². The van der Waals surface area contributed by atoms with Gasteiger partial charge in [-0.05, 0) is 6.07 Å². The molecule has 1 aromatic carbocycles. The predicted octanol–water partition coefficient (Wildman–Crippen LogP) is 2.05. The first-order valence-electron chi connectivity index (χ1n) is 4.19. The minimum absolute atomic E-state index is 0.0369. The Balaban J connectivity index is 0.000000671. The number of hydrogen-bond acceptors (Lipinski definition) is 2. The van der Waals surface area contributed by atoms with E-state index in [2.05, 4.69) is 0 Å². The fraction of sp³-hybridized carbons (Fsp3) is 0.300. The van der Waals surface area contributed by atoms with Crippen molar-refractivity contribution in [3.8, 4) is 5.75 Å². The number of rotatable bonds is 2. The Labute approximate surface area is 77.6 Å². The molecule has 0 fully saturated rings. The van der Waals surface area contributed by atoms with Gasteiger partial charge in [0.05, 0.1) is 6.42 Å². The maximum absolute atomic E-state index is 10.2. The van der Waals surface area contributed by atoms with Crippen LogP contribution >= 0.6 is 0 Å². The lowest BCUT2D eigenvalue weighted by Gasteiger charge is -1.98. The average molecular weight is 182 g/mol. The zero-order chi connectivity index (χ0) is 10.3. The summed E-state index contributed by atoms with van der Waals surface area (Å²) in [5.41, 5.74) is 0.444. The second-order valence-electron chi connectivity index (χ2n) is 2.20. The molecule has 72 valence electrons. The minimum Gasteiger partial charge on any atom is -0.508 e. The second-order valence-corrected chi connectivity index (χ2v) is 2.20. The third-order valence-corrected chi connectivity index (χ3v) is 1.33. The topological polar surface area (TPSA) is 57.5 Å². The quantitative estimate of drug-likeness (QED) is 0.735. The Bertz CT molecular complexity index is 269. The van der Waals surface area contributed by atoms with Crippen molar-refractivity contribution < 1.29 is 15.0 Å². The molecule has 0 saturated carbocycles. The molecule has 0 spiro atoms. The number of carboxylic acid groups (broad SMARTS) is 1.